The standard InChI is InChI=1S/C13H14BrNO4/c1-7-2-5-11(19-7)12(16)15-10-6-8(14)3-4-9(10)13(17)18/h3-4,6-7,11H,2,5H2,1H3,(H,15,16)(H,17,18). The molecule has 5 nitrogen and oxygen atoms in total. The fraction of sp³-hybridized carbons (Fsp3) is 0.385. The highest BCUT2D eigenvalue weighted by Gasteiger charge is 2.28. The van der Waals surface area contributed by atoms with E-state index in [4.69, 9.17) is 9.84 Å². The molecule has 2 N–H and O–H groups in total. The van der Waals surface area contributed by atoms with Gasteiger partial charge in [0.1, 0.15) is 6.10 Å². The van der Waals surface area contributed by atoms with E-state index in [1.807, 2.05) is 6.92 Å². The number of rotatable bonds is 3. The van der Waals surface area contributed by atoms with Crippen molar-refractivity contribution in [1.82, 2.24) is 0 Å². The SMILES string of the molecule is CC1CCC(C(=O)Nc2cc(Br)ccc2C(=O)O)O1. The number of hydrogen-bond donors (Lipinski definition) is 2. The van der Waals surface area contributed by atoms with E-state index >= 15 is 0 Å². The predicted molar refractivity (Wildman–Crippen MR) is 73.3 cm³/mol. The molecule has 19 heavy (non-hydrogen) atoms. The number of carboxylic acid groups (broad SMARTS) is 1. The van der Waals surface area contributed by atoms with Crippen molar-refractivity contribution in [2.75, 3.05) is 5.32 Å². The molecule has 0 radical (unpaired) electrons. The van der Waals surface area contributed by atoms with E-state index in [0.717, 1.165) is 6.42 Å². The summed E-state index contributed by atoms with van der Waals surface area (Å²) in [7, 11) is 0. The molecule has 1 aromatic rings. The van der Waals surface area contributed by atoms with Crippen LogP contribution in [0, 0.1) is 0 Å². The van der Waals surface area contributed by atoms with E-state index in [1.165, 1.54) is 6.07 Å². The molecular weight excluding hydrogens is 314 g/mol. The van der Waals surface area contributed by atoms with E-state index in [-0.39, 0.29) is 23.3 Å². The summed E-state index contributed by atoms with van der Waals surface area (Å²) in [5, 5.41) is 11.7. The minimum Gasteiger partial charge on any atom is -0.478 e. The van der Waals surface area contributed by atoms with Crippen molar-refractivity contribution in [2.45, 2.75) is 32.0 Å². The summed E-state index contributed by atoms with van der Waals surface area (Å²) in [5.41, 5.74) is 0.331. The van der Waals surface area contributed by atoms with Crippen molar-refractivity contribution in [3.8, 4) is 0 Å². The number of carbonyl (C=O) groups excluding carboxylic acids is 1. The average Bonchev–Trinajstić information content (AvgIpc) is 2.75. The maximum absolute atomic E-state index is 12.0. The lowest BCUT2D eigenvalue weighted by Crippen LogP contribution is -2.28. The first kappa shape index (κ1) is 14.0. The first-order valence-electron chi connectivity index (χ1n) is 5.96. The summed E-state index contributed by atoms with van der Waals surface area (Å²) < 4.78 is 6.16. The highest BCUT2D eigenvalue weighted by Crippen LogP contribution is 2.24. The van der Waals surface area contributed by atoms with Gasteiger partial charge >= 0.3 is 5.97 Å². The molecule has 0 spiro atoms. The lowest BCUT2D eigenvalue weighted by molar-refractivity contribution is -0.126. The Morgan fingerprint density at radius 3 is 2.74 bits per heavy atom. The van der Waals surface area contributed by atoms with Gasteiger partial charge in [-0.25, -0.2) is 4.79 Å². The number of hydrogen-bond acceptors (Lipinski definition) is 3. The number of nitrogens with one attached hydrogen (secondary N) is 1. The van der Waals surface area contributed by atoms with Crippen molar-refractivity contribution in [1.29, 1.82) is 0 Å². The zero-order valence-electron chi connectivity index (χ0n) is 10.4. The number of ether oxygens (including phenoxy) is 1. The quantitative estimate of drug-likeness (QED) is 0.894. The Kier molecular flexibility index (Phi) is 4.21. The zero-order valence-corrected chi connectivity index (χ0v) is 11.9. The fourth-order valence-corrected chi connectivity index (χ4v) is 2.38. The van der Waals surface area contributed by atoms with Crippen LogP contribution in [0.2, 0.25) is 0 Å². The first-order valence-corrected chi connectivity index (χ1v) is 6.76. The van der Waals surface area contributed by atoms with Crippen LogP contribution in [0.3, 0.4) is 0 Å². The third-order valence-corrected chi connectivity index (χ3v) is 3.49. The first-order chi connectivity index (χ1) is 8.97. The van der Waals surface area contributed by atoms with Gasteiger partial charge in [0.2, 0.25) is 0 Å². The van der Waals surface area contributed by atoms with E-state index in [9.17, 15) is 9.59 Å². The molecular formula is C13H14BrNO4. The second kappa shape index (κ2) is 5.71. The van der Waals surface area contributed by atoms with E-state index in [1.54, 1.807) is 12.1 Å². The number of benzene rings is 1. The van der Waals surface area contributed by atoms with Gasteiger partial charge in [-0.3, -0.25) is 4.79 Å². The van der Waals surface area contributed by atoms with Gasteiger partial charge in [-0.05, 0) is 38.0 Å². The number of amides is 1. The van der Waals surface area contributed by atoms with Gasteiger partial charge in [-0.15, -0.1) is 0 Å². The van der Waals surface area contributed by atoms with Crippen molar-refractivity contribution >= 4 is 33.5 Å². The summed E-state index contributed by atoms with van der Waals surface area (Å²) in [4.78, 5) is 23.1. The molecule has 0 aromatic heterocycles. The Bertz CT molecular complexity index is 517. The van der Waals surface area contributed by atoms with Crippen LogP contribution >= 0.6 is 15.9 Å². The summed E-state index contributed by atoms with van der Waals surface area (Å²) in [6.07, 6.45) is 1.05. The summed E-state index contributed by atoms with van der Waals surface area (Å²) in [6, 6.07) is 4.63. The normalized spacial score (nSPS) is 22.2. The predicted octanol–water partition coefficient (Wildman–Crippen LogP) is 2.65. The molecule has 0 bridgehead atoms. The van der Waals surface area contributed by atoms with Crippen LogP contribution < -0.4 is 5.32 Å². The number of aromatic carboxylic acids is 1. The summed E-state index contributed by atoms with van der Waals surface area (Å²) >= 11 is 3.25. The molecule has 1 aliphatic heterocycles. The molecule has 102 valence electrons. The third kappa shape index (κ3) is 3.33. The van der Waals surface area contributed by atoms with Crippen molar-refractivity contribution in [2.24, 2.45) is 0 Å². The molecule has 1 heterocycles. The van der Waals surface area contributed by atoms with Gasteiger partial charge in [-0.2, -0.15) is 0 Å². The Hall–Kier alpha value is -1.40. The molecule has 0 aliphatic carbocycles. The lowest BCUT2D eigenvalue weighted by Gasteiger charge is -2.13. The largest absolute Gasteiger partial charge is 0.478 e. The van der Waals surface area contributed by atoms with Crippen LogP contribution in [-0.4, -0.2) is 29.2 Å². The van der Waals surface area contributed by atoms with Crippen LogP contribution in [-0.2, 0) is 9.53 Å². The van der Waals surface area contributed by atoms with E-state index < -0.39 is 12.1 Å². The fourth-order valence-electron chi connectivity index (χ4n) is 2.02. The highest BCUT2D eigenvalue weighted by atomic mass is 79.9. The second-order valence-corrected chi connectivity index (χ2v) is 5.41. The highest BCUT2D eigenvalue weighted by molar-refractivity contribution is 9.10. The molecule has 1 aliphatic rings. The molecule has 1 amide bonds. The van der Waals surface area contributed by atoms with Crippen molar-refractivity contribution < 1.29 is 19.4 Å². The summed E-state index contributed by atoms with van der Waals surface area (Å²) in [6.45, 7) is 1.91. The lowest BCUT2D eigenvalue weighted by atomic mass is 10.1. The Labute approximate surface area is 119 Å². The van der Waals surface area contributed by atoms with E-state index in [0.29, 0.717) is 10.9 Å². The molecule has 2 atom stereocenters. The number of carboxylic acids is 1. The molecule has 2 rings (SSSR count). The second-order valence-electron chi connectivity index (χ2n) is 4.50. The number of anilines is 1. The Balaban J connectivity index is 2.16. The van der Waals surface area contributed by atoms with Gasteiger partial charge in [0.15, 0.2) is 0 Å². The van der Waals surface area contributed by atoms with Crippen molar-refractivity contribution in [3.05, 3.63) is 28.2 Å². The summed E-state index contributed by atoms with van der Waals surface area (Å²) in [5.74, 6) is -1.38. The van der Waals surface area contributed by atoms with Gasteiger partial charge in [0.25, 0.3) is 5.91 Å². The van der Waals surface area contributed by atoms with Crippen LogP contribution in [0.1, 0.15) is 30.1 Å². The Morgan fingerprint density at radius 2 is 2.16 bits per heavy atom. The maximum Gasteiger partial charge on any atom is 0.337 e. The maximum atomic E-state index is 12.0. The molecule has 2 unspecified atom stereocenters. The third-order valence-electron chi connectivity index (χ3n) is 2.99. The van der Waals surface area contributed by atoms with Gasteiger partial charge < -0.3 is 15.2 Å². The van der Waals surface area contributed by atoms with Crippen LogP contribution in [0.15, 0.2) is 22.7 Å². The minimum absolute atomic E-state index is 0.0580. The zero-order chi connectivity index (χ0) is 14.0. The molecule has 1 aromatic carbocycles. The topological polar surface area (TPSA) is 75.6 Å². The van der Waals surface area contributed by atoms with Crippen LogP contribution in [0.4, 0.5) is 5.69 Å². The van der Waals surface area contributed by atoms with Gasteiger partial charge in [0, 0.05) is 4.47 Å². The monoisotopic (exact) mass is 327 g/mol. The average molecular weight is 328 g/mol. The van der Waals surface area contributed by atoms with Crippen LogP contribution in [0.5, 0.6) is 0 Å². The molecule has 1 fully saturated rings. The van der Waals surface area contributed by atoms with Crippen LogP contribution in [0.25, 0.3) is 0 Å². The molecule has 0 saturated carbocycles. The smallest absolute Gasteiger partial charge is 0.337 e. The van der Waals surface area contributed by atoms with Gasteiger partial charge in [-0.1, -0.05) is 15.9 Å². The Morgan fingerprint density at radius 1 is 1.42 bits per heavy atom. The van der Waals surface area contributed by atoms with Gasteiger partial charge in [0.05, 0.1) is 17.4 Å². The minimum atomic E-state index is -1.08. The van der Waals surface area contributed by atoms with Crippen molar-refractivity contribution in [3.63, 3.8) is 0 Å². The van der Waals surface area contributed by atoms with E-state index in [2.05, 4.69) is 21.2 Å². The number of halogens is 1. The number of carbonyl (C=O) groups is 2. The molecule has 1 saturated heterocycles. The molecule has 6 heteroatoms.